The fourth-order valence-electron chi connectivity index (χ4n) is 4.49. The minimum absolute atomic E-state index is 0.00171. The van der Waals surface area contributed by atoms with Gasteiger partial charge in [0.15, 0.2) is 5.75 Å². The van der Waals surface area contributed by atoms with E-state index in [0.29, 0.717) is 29.5 Å². The van der Waals surface area contributed by atoms with Crippen LogP contribution >= 0.6 is 11.6 Å². The predicted molar refractivity (Wildman–Crippen MR) is 150 cm³/mol. The molecule has 4 rings (SSSR count). The molecule has 2 N–H and O–H groups in total. The van der Waals surface area contributed by atoms with Crippen LogP contribution in [0.3, 0.4) is 0 Å². The fraction of sp³-hybridized carbons (Fsp3) is 0.429. The molecule has 3 heterocycles. The molecular weight excluding hydrogens is 520 g/mol. The van der Waals surface area contributed by atoms with Crippen molar-refractivity contribution in [2.24, 2.45) is 0 Å². The molecule has 2 amide bonds. The number of pyridine rings is 1. The Kier molecular flexibility index (Phi) is 8.76. The number of nitrogens with one attached hydrogen (secondary N) is 2. The quantitative estimate of drug-likeness (QED) is 0.424. The van der Waals surface area contributed by atoms with Crippen LogP contribution in [-0.2, 0) is 11.3 Å². The van der Waals surface area contributed by atoms with Crippen molar-refractivity contribution in [1.82, 2.24) is 24.8 Å². The standard InChI is InChI=1S/C28H35ClN6O4/c1-18-14-35(17-31-18)22-10-19(15-34-8-6-7-20(16-34)33-27(37)39-28(2,3)4)9-21(11-22)32-26(36)24-12-23(29)25(38-5)13-30-24/h9-14,17,20H,6-8,15-16H2,1-5H3,(H,32,36)(H,33,37)/t20-/m0/s1. The molecule has 0 bridgehead atoms. The summed E-state index contributed by atoms with van der Waals surface area (Å²) in [7, 11) is 1.49. The van der Waals surface area contributed by atoms with E-state index in [1.165, 1.54) is 19.4 Å². The predicted octanol–water partition coefficient (Wildman–Crippen LogP) is 4.98. The van der Waals surface area contributed by atoms with E-state index in [-0.39, 0.29) is 17.6 Å². The highest BCUT2D eigenvalue weighted by molar-refractivity contribution is 6.32. The Hall–Kier alpha value is -3.63. The van der Waals surface area contributed by atoms with Gasteiger partial charge in [0.05, 0.1) is 30.4 Å². The zero-order valence-electron chi connectivity index (χ0n) is 23.0. The average Bonchev–Trinajstić information content (AvgIpc) is 3.29. The number of ether oxygens (including phenoxy) is 2. The number of amides is 2. The van der Waals surface area contributed by atoms with Crippen LogP contribution in [-0.4, -0.2) is 63.3 Å². The normalized spacial score (nSPS) is 16.0. The molecule has 0 aliphatic carbocycles. The summed E-state index contributed by atoms with van der Waals surface area (Å²) in [6.45, 7) is 9.72. The summed E-state index contributed by atoms with van der Waals surface area (Å²) in [6.07, 6.45) is 6.54. The number of rotatable bonds is 7. The number of hydrogen-bond donors (Lipinski definition) is 2. The Morgan fingerprint density at radius 2 is 1.97 bits per heavy atom. The van der Waals surface area contributed by atoms with Crippen molar-refractivity contribution in [3.05, 3.63) is 65.0 Å². The summed E-state index contributed by atoms with van der Waals surface area (Å²) in [6, 6.07) is 7.38. The van der Waals surface area contributed by atoms with E-state index in [9.17, 15) is 9.59 Å². The molecule has 1 atom stereocenters. The third-order valence-corrected chi connectivity index (χ3v) is 6.45. The third-order valence-electron chi connectivity index (χ3n) is 6.15. The first kappa shape index (κ1) is 28.4. The molecule has 3 aromatic rings. The first-order valence-electron chi connectivity index (χ1n) is 12.9. The second-order valence-corrected chi connectivity index (χ2v) is 11.1. The van der Waals surface area contributed by atoms with Crippen LogP contribution in [0.2, 0.25) is 5.02 Å². The topological polar surface area (TPSA) is 111 Å². The summed E-state index contributed by atoms with van der Waals surface area (Å²) in [5.41, 5.74) is 3.01. The van der Waals surface area contributed by atoms with Crippen molar-refractivity contribution in [3.8, 4) is 11.4 Å². The zero-order valence-corrected chi connectivity index (χ0v) is 23.7. The monoisotopic (exact) mass is 554 g/mol. The van der Waals surface area contributed by atoms with Gasteiger partial charge in [0.2, 0.25) is 0 Å². The molecule has 0 spiro atoms. The number of likely N-dealkylation sites (tertiary alicyclic amines) is 1. The number of imidazole rings is 1. The van der Waals surface area contributed by atoms with Crippen molar-refractivity contribution >= 4 is 29.3 Å². The van der Waals surface area contributed by atoms with E-state index >= 15 is 0 Å². The highest BCUT2D eigenvalue weighted by atomic mass is 35.5. The number of methoxy groups -OCH3 is 1. The molecule has 0 radical (unpaired) electrons. The van der Waals surface area contributed by atoms with Crippen LogP contribution in [0.4, 0.5) is 10.5 Å². The van der Waals surface area contributed by atoms with E-state index < -0.39 is 11.7 Å². The largest absolute Gasteiger partial charge is 0.494 e. The summed E-state index contributed by atoms with van der Waals surface area (Å²) in [5.74, 6) is 0.0121. The third kappa shape index (κ3) is 7.93. The summed E-state index contributed by atoms with van der Waals surface area (Å²) in [5, 5.41) is 6.25. The molecule has 10 nitrogen and oxygen atoms in total. The summed E-state index contributed by atoms with van der Waals surface area (Å²) < 4.78 is 12.5. The number of carbonyl (C=O) groups excluding carboxylic acids is 2. The van der Waals surface area contributed by atoms with Crippen LogP contribution in [0.1, 0.15) is 55.4 Å². The number of nitrogens with zero attached hydrogens (tertiary/aromatic N) is 4. The number of benzene rings is 1. The van der Waals surface area contributed by atoms with Crippen molar-refractivity contribution in [2.75, 3.05) is 25.5 Å². The van der Waals surface area contributed by atoms with Gasteiger partial charge in [-0.05, 0) is 76.9 Å². The molecule has 1 aliphatic heterocycles. The zero-order chi connectivity index (χ0) is 28.2. The van der Waals surface area contributed by atoms with Gasteiger partial charge in [0.25, 0.3) is 5.91 Å². The molecule has 1 fully saturated rings. The molecule has 11 heteroatoms. The smallest absolute Gasteiger partial charge is 0.407 e. The number of aromatic nitrogens is 3. The maximum atomic E-state index is 13.0. The first-order chi connectivity index (χ1) is 18.5. The number of halogens is 1. The Morgan fingerprint density at radius 3 is 2.64 bits per heavy atom. The van der Waals surface area contributed by atoms with Gasteiger partial charge in [-0.25, -0.2) is 14.8 Å². The Labute approximate surface area is 233 Å². The average molecular weight is 555 g/mol. The van der Waals surface area contributed by atoms with Gasteiger partial charge >= 0.3 is 6.09 Å². The van der Waals surface area contributed by atoms with Crippen LogP contribution in [0.15, 0.2) is 43.0 Å². The van der Waals surface area contributed by atoms with Gasteiger partial charge < -0.3 is 24.7 Å². The molecule has 1 aliphatic rings. The lowest BCUT2D eigenvalue weighted by molar-refractivity contribution is 0.0470. The van der Waals surface area contributed by atoms with Crippen LogP contribution in [0, 0.1) is 6.92 Å². The van der Waals surface area contributed by atoms with Crippen LogP contribution in [0.25, 0.3) is 5.69 Å². The van der Waals surface area contributed by atoms with E-state index in [1.54, 1.807) is 6.33 Å². The highest BCUT2D eigenvalue weighted by Crippen LogP contribution is 2.25. The van der Waals surface area contributed by atoms with Gasteiger partial charge in [-0.15, -0.1) is 0 Å². The maximum Gasteiger partial charge on any atom is 0.407 e. The lowest BCUT2D eigenvalue weighted by Crippen LogP contribution is -2.48. The van der Waals surface area contributed by atoms with E-state index in [2.05, 4.69) is 31.6 Å². The Morgan fingerprint density at radius 1 is 1.18 bits per heavy atom. The minimum Gasteiger partial charge on any atom is -0.494 e. The summed E-state index contributed by atoms with van der Waals surface area (Å²) in [4.78, 5) is 36.1. The number of carbonyl (C=O) groups is 2. The second kappa shape index (κ2) is 12.0. The number of hydrogen-bond acceptors (Lipinski definition) is 7. The molecule has 0 unspecified atom stereocenters. The van der Waals surface area contributed by atoms with E-state index in [4.69, 9.17) is 21.1 Å². The first-order valence-corrected chi connectivity index (χ1v) is 13.2. The molecular formula is C28H35ClN6O4. The van der Waals surface area contributed by atoms with Crippen molar-refractivity contribution in [3.63, 3.8) is 0 Å². The van der Waals surface area contributed by atoms with E-state index in [0.717, 1.165) is 36.3 Å². The van der Waals surface area contributed by atoms with Gasteiger partial charge in [-0.3, -0.25) is 9.69 Å². The molecule has 2 aromatic heterocycles. The van der Waals surface area contributed by atoms with Gasteiger partial charge in [-0.1, -0.05) is 11.6 Å². The number of piperidine rings is 1. The SMILES string of the molecule is COc1cnc(C(=O)Nc2cc(CN3CCC[C@H](NC(=O)OC(C)(C)C)C3)cc(-n3cnc(C)c3)c2)cc1Cl. The van der Waals surface area contributed by atoms with Gasteiger partial charge in [-0.2, -0.15) is 0 Å². The Bertz CT molecular complexity index is 1340. The van der Waals surface area contributed by atoms with Crippen molar-refractivity contribution < 1.29 is 19.1 Å². The lowest BCUT2D eigenvalue weighted by Gasteiger charge is -2.33. The van der Waals surface area contributed by atoms with E-state index in [1.807, 2.05) is 50.6 Å². The molecule has 39 heavy (non-hydrogen) atoms. The highest BCUT2D eigenvalue weighted by Gasteiger charge is 2.24. The molecule has 0 saturated carbocycles. The maximum absolute atomic E-state index is 13.0. The van der Waals surface area contributed by atoms with Crippen molar-refractivity contribution in [2.45, 2.75) is 58.7 Å². The van der Waals surface area contributed by atoms with Crippen molar-refractivity contribution in [1.29, 1.82) is 0 Å². The number of alkyl carbamates (subject to hydrolysis) is 1. The summed E-state index contributed by atoms with van der Waals surface area (Å²) >= 11 is 6.20. The Balaban J connectivity index is 1.52. The number of anilines is 1. The van der Waals surface area contributed by atoms with Crippen LogP contribution < -0.4 is 15.4 Å². The minimum atomic E-state index is -0.544. The van der Waals surface area contributed by atoms with Gasteiger partial charge in [0, 0.05) is 36.7 Å². The number of aryl methyl sites for hydroxylation is 1. The van der Waals surface area contributed by atoms with Gasteiger partial charge in [0.1, 0.15) is 11.3 Å². The lowest BCUT2D eigenvalue weighted by atomic mass is 10.0. The van der Waals surface area contributed by atoms with Crippen LogP contribution in [0.5, 0.6) is 5.75 Å². The second-order valence-electron chi connectivity index (χ2n) is 10.7. The fourth-order valence-corrected chi connectivity index (χ4v) is 4.72. The molecule has 208 valence electrons. The molecule has 1 saturated heterocycles. The molecule has 1 aromatic carbocycles.